The van der Waals surface area contributed by atoms with E-state index in [-0.39, 0.29) is 5.91 Å². The first-order valence-corrected chi connectivity index (χ1v) is 7.50. The number of benzene rings is 2. The lowest BCUT2D eigenvalue weighted by Crippen LogP contribution is -2.32. The predicted molar refractivity (Wildman–Crippen MR) is 85.2 cm³/mol. The van der Waals surface area contributed by atoms with Gasteiger partial charge in [-0.1, -0.05) is 24.3 Å². The first kappa shape index (κ1) is 13.9. The molecule has 0 fully saturated rings. The van der Waals surface area contributed by atoms with Crippen LogP contribution in [-0.4, -0.2) is 24.0 Å². The fraction of sp³-hybridized carbons (Fsp3) is 0.188. The van der Waals surface area contributed by atoms with Gasteiger partial charge in [0.2, 0.25) is 0 Å². The van der Waals surface area contributed by atoms with E-state index >= 15 is 0 Å². The number of nitrogens with two attached hydrogens (primary N) is 1. The van der Waals surface area contributed by atoms with Gasteiger partial charge in [-0.3, -0.25) is 4.79 Å². The zero-order chi connectivity index (χ0) is 14.8. The Bertz CT molecular complexity index is 688. The quantitative estimate of drug-likeness (QED) is 0.850. The van der Waals surface area contributed by atoms with E-state index in [1.807, 2.05) is 36.4 Å². The number of hydrogen-bond donors (Lipinski definition) is 1. The molecule has 21 heavy (non-hydrogen) atoms. The van der Waals surface area contributed by atoms with Crippen molar-refractivity contribution >= 4 is 27.5 Å². The number of fused-ring (bicyclic) bond motifs is 1. The van der Waals surface area contributed by atoms with Crippen molar-refractivity contribution in [2.45, 2.75) is 6.54 Å². The Hall–Kier alpha value is -2.01. The van der Waals surface area contributed by atoms with Crippen LogP contribution < -0.4 is 10.5 Å². The lowest BCUT2D eigenvalue weighted by molar-refractivity contribution is 0.0742. The van der Waals surface area contributed by atoms with E-state index in [4.69, 9.17) is 10.5 Å². The lowest BCUT2D eigenvalue weighted by atomic mass is 10.1. The predicted octanol–water partition coefficient (Wildman–Crippen LogP) is 3.07. The summed E-state index contributed by atoms with van der Waals surface area (Å²) in [4.78, 5) is 14.4. The minimum absolute atomic E-state index is 0.0163. The minimum Gasteiger partial charge on any atom is -0.491 e. The summed E-state index contributed by atoms with van der Waals surface area (Å²) in [6, 6.07) is 13.0. The van der Waals surface area contributed by atoms with Gasteiger partial charge in [0, 0.05) is 16.7 Å². The zero-order valence-electron chi connectivity index (χ0n) is 11.4. The minimum atomic E-state index is -0.0163. The van der Waals surface area contributed by atoms with E-state index in [1.54, 1.807) is 11.0 Å². The normalized spacial score (nSPS) is 14.3. The average Bonchev–Trinajstić information content (AvgIpc) is 2.65. The van der Waals surface area contributed by atoms with Crippen LogP contribution in [-0.2, 0) is 6.54 Å². The van der Waals surface area contributed by atoms with Crippen molar-refractivity contribution in [2.24, 2.45) is 0 Å². The third-order valence-corrected chi connectivity index (χ3v) is 4.46. The molecule has 1 heterocycles. The van der Waals surface area contributed by atoms with Crippen LogP contribution in [0.15, 0.2) is 46.9 Å². The van der Waals surface area contributed by atoms with Gasteiger partial charge in [-0.05, 0) is 39.7 Å². The van der Waals surface area contributed by atoms with Crippen LogP contribution >= 0.6 is 15.9 Å². The SMILES string of the molecule is Nc1cccc(CN2CCOc3ccccc3C2=O)c1Br. The van der Waals surface area contributed by atoms with Crippen molar-refractivity contribution in [3.63, 3.8) is 0 Å². The standard InChI is InChI=1S/C16H15BrN2O2/c17-15-11(4-3-6-13(15)18)10-19-8-9-21-14-7-2-1-5-12(14)16(19)20/h1-7H,8-10,18H2. The van der Waals surface area contributed by atoms with Crippen LogP contribution in [0.3, 0.4) is 0 Å². The molecule has 0 spiro atoms. The van der Waals surface area contributed by atoms with Gasteiger partial charge < -0.3 is 15.4 Å². The monoisotopic (exact) mass is 346 g/mol. The lowest BCUT2D eigenvalue weighted by Gasteiger charge is -2.21. The number of carbonyl (C=O) groups is 1. The second-order valence-corrected chi connectivity index (χ2v) is 5.68. The topological polar surface area (TPSA) is 55.6 Å². The summed E-state index contributed by atoms with van der Waals surface area (Å²) in [5.41, 5.74) is 8.16. The third-order valence-electron chi connectivity index (χ3n) is 3.49. The summed E-state index contributed by atoms with van der Waals surface area (Å²) < 4.78 is 6.49. The summed E-state index contributed by atoms with van der Waals surface area (Å²) in [5, 5.41) is 0. The van der Waals surface area contributed by atoms with Gasteiger partial charge >= 0.3 is 0 Å². The van der Waals surface area contributed by atoms with Crippen molar-refractivity contribution in [2.75, 3.05) is 18.9 Å². The molecule has 5 heteroatoms. The van der Waals surface area contributed by atoms with Gasteiger partial charge in [0.05, 0.1) is 12.1 Å². The molecule has 2 aromatic rings. The molecule has 0 unspecified atom stereocenters. The molecule has 2 aromatic carbocycles. The van der Waals surface area contributed by atoms with Crippen LogP contribution in [0.25, 0.3) is 0 Å². The van der Waals surface area contributed by atoms with Crippen molar-refractivity contribution in [3.8, 4) is 5.75 Å². The Labute approximate surface area is 131 Å². The molecule has 0 radical (unpaired) electrons. The Balaban J connectivity index is 1.90. The summed E-state index contributed by atoms with van der Waals surface area (Å²) in [7, 11) is 0. The number of ether oxygens (including phenoxy) is 1. The van der Waals surface area contributed by atoms with E-state index in [0.717, 1.165) is 10.0 Å². The van der Waals surface area contributed by atoms with Crippen molar-refractivity contribution in [1.82, 2.24) is 4.90 Å². The van der Waals surface area contributed by atoms with Crippen molar-refractivity contribution in [1.29, 1.82) is 0 Å². The van der Waals surface area contributed by atoms with Gasteiger partial charge in [-0.2, -0.15) is 0 Å². The number of nitrogen functional groups attached to an aromatic ring is 1. The molecule has 4 nitrogen and oxygen atoms in total. The maximum absolute atomic E-state index is 12.6. The summed E-state index contributed by atoms with van der Waals surface area (Å²) in [5.74, 6) is 0.633. The second kappa shape index (κ2) is 5.77. The molecule has 0 bridgehead atoms. The Kier molecular flexibility index (Phi) is 3.84. The van der Waals surface area contributed by atoms with E-state index < -0.39 is 0 Å². The molecule has 2 N–H and O–H groups in total. The van der Waals surface area contributed by atoms with Gasteiger partial charge in [-0.15, -0.1) is 0 Å². The van der Waals surface area contributed by atoms with Crippen LogP contribution in [0.2, 0.25) is 0 Å². The number of halogens is 1. The van der Waals surface area contributed by atoms with Crippen LogP contribution in [0.4, 0.5) is 5.69 Å². The van der Waals surface area contributed by atoms with E-state index in [0.29, 0.717) is 36.7 Å². The molecule has 108 valence electrons. The van der Waals surface area contributed by atoms with Crippen molar-refractivity contribution < 1.29 is 9.53 Å². The Morgan fingerprint density at radius 3 is 2.86 bits per heavy atom. The molecule has 0 saturated carbocycles. The van der Waals surface area contributed by atoms with Crippen LogP contribution in [0, 0.1) is 0 Å². The fourth-order valence-corrected chi connectivity index (χ4v) is 2.77. The molecule has 0 aliphatic carbocycles. The second-order valence-electron chi connectivity index (χ2n) is 4.89. The van der Waals surface area contributed by atoms with Crippen LogP contribution in [0.1, 0.15) is 15.9 Å². The maximum Gasteiger partial charge on any atom is 0.258 e. The summed E-state index contributed by atoms with van der Waals surface area (Å²) >= 11 is 3.48. The van der Waals surface area contributed by atoms with E-state index in [1.165, 1.54) is 0 Å². The van der Waals surface area contributed by atoms with Gasteiger partial charge in [0.25, 0.3) is 5.91 Å². The number of rotatable bonds is 2. The van der Waals surface area contributed by atoms with Gasteiger partial charge in [0.1, 0.15) is 12.4 Å². The highest BCUT2D eigenvalue weighted by molar-refractivity contribution is 9.10. The maximum atomic E-state index is 12.6. The molecule has 0 atom stereocenters. The number of para-hydroxylation sites is 1. The Morgan fingerprint density at radius 2 is 2.00 bits per heavy atom. The number of nitrogens with zero attached hydrogens (tertiary/aromatic N) is 1. The molecule has 1 aliphatic rings. The highest BCUT2D eigenvalue weighted by Gasteiger charge is 2.23. The molecular weight excluding hydrogens is 332 g/mol. The number of amides is 1. The van der Waals surface area contributed by atoms with Gasteiger partial charge in [-0.25, -0.2) is 0 Å². The molecule has 0 saturated heterocycles. The smallest absolute Gasteiger partial charge is 0.258 e. The number of carbonyl (C=O) groups excluding carboxylic acids is 1. The molecule has 0 aromatic heterocycles. The van der Waals surface area contributed by atoms with Crippen LogP contribution in [0.5, 0.6) is 5.75 Å². The largest absolute Gasteiger partial charge is 0.491 e. The van der Waals surface area contributed by atoms with Gasteiger partial charge in [0.15, 0.2) is 0 Å². The average molecular weight is 347 g/mol. The first-order valence-electron chi connectivity index (χ1n) is 6.71. The highest BCUT2D eigenvalue weighted by Crippen LogP contribution is 2.27. The molecule has 3 rings (SSSR count). The zero-order valence-corrected chi connectivity index (χ0v) is 13.0. The van der Waals surface area contributed by atoms with E-state index in [2.05, 4.69) is 15.9 Å². The van der Waals surface area contributed by atoms with E-state index in [9.17, 15) is 4.79 Å². The summed E-state index contributed by atoms with van der Waals surface area (Å²) in [6.07, 6.45) is 0. The third kappa shape index (κ3) is 2.74. The van der Waals surface area contributed by atoms with Crippen molar-refractivity contribution in [3.05, 3.63) is 58.1 Å². The molecule has 1 amide bonds. The number of hydrogen-bond acceptors (Lipinski definition) is 3. The first-order chi connectivity index (χ1) is 10.2. The Morgan fingerprint density at radius 1 is 1.19 bits per heavy atom. The summed E-state index contributed by atoms with van der Waals surface area (Å²) in [6.45, 7) is 1.54. The molecular formula is C16H15BrN2O2. The molecule has 1 aliphatic heterocycles. The fourth-order valence-electron chi connectivity index (χ4n) is 2.39. The number of anilines is 1. The highest BCUT2D eigenvalue weighted by atomic mass is 79.9.